The van der Waals surface area contributed by atoms with Crippen molar-refractivity contribution in [2.24, 2.45) is 0 Å². The number of hydrogen-bond acceptors (Lipinski definition) is 8. The zero-order valence-corrected chi connectivity index (χ0v) is 22.6. The lowest BCUT2D eigenvalue weighted by Gasteiger charge is -2.20. The van der Waals surface area contributed by atoms with E-state index in [-0.39, 0.29) is 22.9 Å². The van der Waals surface area contributed by atoms with Crippen LogP contribution in [0.4, 0.5) is 17.1 Å². The summed E-state index contributed by atoms with van der Waals surface area (Å²) in [5, 5.41) is 31.5. The predicted molar refractivity (Wildman–Crippen MR) is 149 cm³/mol. The summed E-state index contributed by atoms with van der Waals surface area (Å²) in [6.45, 7) is 2.06. The molecule has 0 aliphatic heterocycles. The highest BCUT2D eigenvalue weighted by molar-refractivity contribution is 6.07. The van der Waals surface area contributed by atoms with Gasteiger partial charge in [0.25, 0.3) is 17.7 Å². The molecule has 0 aliphatic rings. The number of benzene rings is 3. The standard InChI is InChI=1S/C30H30N4O8/c1-2-3-4-5-24(35)31-21-12-6-18(7-13-21)26(36)32-22-14-8-19(9-15-22)27(37)33-23-16-10-20(11-17-23)28(38)34-25(29(39)40)30(41)42/h6-17,25H,2-5H2,1H3,(H,31,35)(H,32,36)(H,33,37)(H,34,38)(H,39,40)(H,41,42)/p-2. The fraction of sp³-hybridized carbons (Fsp3) is 0.200. The van der Waals surface area contributed by atoms with Gasteiger partial charge in [-0.25, -0.2) is 0 Å². The second-order valence-corrected chi connectivity index (χ2v) is 9.19. The first kappa shape index (κ1) is 31.0. The summed E-state index contributed by atoms with van der Waals surface area (Å²) >= 11 is 0. The van der Waals surface area contributed by atoms with Crippen molar-refractivity contribution in [2.75, 3.05) is 16.0 Å². The van der Waals surface area contributed by atoms with Crippen LogP contribution in [0, 0.1) is 0 Å². The number of anilines is 3. The van der Waals surface area contributed by atoms with Crippen molar-refractivity contribution >= 4 is 52.6 Å². The summed E-state index contributed by atoms with van der Waals surface area (Å²) in [6, 6.07) is 15.6. The number of carbonyl (C=O) groups is 6. The lowest BCUT2D eigenvalue weighted by atomic mass is 10.1. The summed E-state index contributed by atoms with van der Waals surface area (Å²) in [6.07, 6.45) is 3.28. The molecule has 42 heavy (non-hydrogen) atoms. The number of unbranched alkanes of at least 4 members (excludes halogenated alkanes) is 2. The minimum atomic E-state index is -2.32. The monoisotopic (exact) mass is 572 g/mol. The lowest BCUT2D eigenvalue weighted by Crippen LogP contribution is -2.57. The first-order valence-electron chi connectivity index (χ1n) is 13.0. The van der Waals surface area contributed by atoms with E-state index in [1.54, 1.807) is 41.7 Å². The van der Waals surface area contributed by atoms with Crippen LogP contribution in [-0.2, 0) is 14.4 Å². The number of carboxylic acid groups (broad SMARTS) is 2. The molecule has 0 unspecified atom stereocenters. The van der Waals surface area contributed by atoms with Gasteiger partial charge in [0.2, 0.25) is 5.91 Å². The zero-order valence-electron chi connectivity index (χ0n) is 22.6. The average molecular weight is 573 g/mol. The van der Waals surface area contributed by atoms with Gasteiger partial charge in [0.15, 0.2) is 0 Å². The molecule has 0 saturated carbocycles. The third-order valence-corrected chi connectivity index (χ3v) is 5.99. The van der Waals surface area contributed by atoms with Gasteiger partial charge >= 0.3 is 0 Å². The van der Waals surface area contributed by atoms with Crippen LogP contribution in [0.15, 0.2) is 72.8 Å². The van der Waals surface area contributed by atoms with Crippen LogP contribution >= 0.6 is 0 Å². The molecule has 4 amide bonds. The second-order valence-electron chi connectivity index (χ2n) is 9.19. The number of rotatable bonds is 13. The highest BCUT2D eigenvalue weighted by Gasteiger charge is 2.16. The summed E-state index contributed by atoms with van der Waals surface area (Å²) in [5.41, 5.74) is 1.97. The van der Waals surface area contributed by atoms with Crippen molar-refractivity contribution in [3.8, 4) is 0 Å². The molecule has 0 aromatic heterocycles. The third kappa shape index (κ3) is 9.01. The minimum absolute atomic E-state index is 0.0533. The quantitative estimate of drug-likeness (QED) is 0.174. The van der Waals surface area contributed by atoms with Crippen molar-refractivity contribution in [1.29, 1.82) is 0 Å². The summed E-state index contributed by atoms with van der Waals surface area (Å²) in [7, 11) is 0. The van der Waals surface area contributed by atoms with Crippen LogP contribution in [0.5, 0.6) is 0 Å². The van der Waals surface area contributed by atoms with Gasteiger partial charge in [0, 0.05) is 40.2 Å². The average Bonchev–Trinajstić information content (AvgIpc) is 2.96. The van der Waals surface area contributed by atoms with Gasteiger partial charge in [0.1, 0.15) is 6.04 Å². The van der Waals surface area contributed by atoms with Gasteiger partial charge in [-0.1, -0.05) is 19.8 Å². The van der Waals surface area contributed by atoms with Crippen molar-refractivity contribution in [1.82, 2.24) is 5.32 Å². The Hall–Kier alpha value is -5.52. The maximum absolute atomic E-state index is 12.6. The molecule has 3 aromatic rings. The highest BCUT2D eigenvalue weighted by atomic mass is 16.4. The van der Waals surface area contributed by atoms with Crippen LogP contribution in [0.1, 0.15) is 63.7 Å². The van der Waals surface area contributed by atoms with Gasteiger partial charge in [-0.05, 0) is 79.2 Å². The number of aliphatic carboxylic acids is 2. The molecule has 12 heteroatoms. The Balaban J connectivity index is 1.52. The van der Waals surface area contributed by atoms with E-state index < -0.39 is 29.8 Å². The van der Waals surface area contributed by atoms with E-state index in [0.717, 1.165) is 19.3 Å². The predicted octanol–water partition coefficient (Wildman–Crippen LogP) is 1.31. The fourth-order valence-corrected chi connectivity index (χ4v) is 3.71. The first-order valence-corrected chi connectivity index (χ1v) is 13.0. The van der Waals surface area contributed by atoms with Crippen molar-refractivity contribution in [3.63, 3.8) is 0 Å². The molecule has 0 fully saturated rings. The molecule has 0 saturated heterocycles. The van der Waals surface area contributed by atoms with Crippen LogP contribution < -0.4 is 31.5 Å². The Morgan fingerprint density at radius 3 is 1.33 bits per heavy atom. The lowest BCUT2D eigenvalue weighted by molar-refractivity contribution is -0.326. The number of carbonyl (C=O) groups excluding carboxylic acids is 6. The molecule has 0 aliphatic carbocycles. The van der Waals surface area contributed by atoms with Gasteiger partial charge < -0.3 is 41.1 Å². The second kappa shape index (κ2) is 14.7. The third-order valence-electron chi connectivity index (χ3n) is 5.99. The Morgan fingerprint density at radius 1 is 0.571 bits per heavy atom. The van der Waals surface area contributed by atoms with Crippen molar-refractivity contribution in [2.45, 2.75) is 38.6 Å². The van der Waals surface area contributed by atoms with Crippen LogP contribution in [0.25, 0.3) is 0 Å². The maximum Gasteiger partial charge on any atom is 0.255 e. The first-order chi connectivity index (χ1) is 20.1. The molecule has 0 spiro atoms. The smallest absolute Gasteiger partial charge is 0.255 e. The zero-order chi connectivity index (χ0) is 30.6. The maximum atomic E-state index is 12.6. The van der Waals surface area contributed by atoms with E-state index in [2.05, 4.69) is 22.9 Å². The molecule has 12 nitrogen and oxygen atoms in total. The van der Waals surface area contributed by atoms with Crippen molar-refractivity contribution < 1.29 is 39.0 Å². The molecule has 0 radical (unpaired) electrons. The highest BCUT2D eigenvalue weighted by Crippen LogP contribution is 2.16. The Labute approximate surface area is 241 Å². The molecule has 3 rings (SSSR count). The van der Waals surface area contributed by atoms with E-state index in [0.29, 0.717) is 29.0 Å². The minimum Gasteiger partial charge on any atom is -0.547 e. The largest absolute Gasteiger partial charge is 0.547 e. The van der Waals surface area contributed by atoms with Crippen molar-refractivity contribution in [3.05, 3.63) is 89.5 Å². The Bertz CT molecular complexity index is 1440. The van der Waals surface area contributed by atoms with E-state index in [4.69, 9.17) is 0 Å². The molecule has 218 valence electrons. The molecule has 4 N–H and O–H groups in total. The number of amides is 4. The molecule has 0 atom stereocenters. The molecular weight excluding hydrogens is 544 g/mol. The fourth-order valence-electron chi connectivity index (χ4n) is 3.71. The van der Waals surface area contributed by atoms with E-state index in [1.165, 1.54) is 36.4 Å². The molecule has 0 heterocycles. The molecule has 3 aromatic carbocycles. The summed E-state index contributed by atoms with van der Waals surface area (Å²) in [4.78, 5) is 70.9. The van der Waals surface area contributed by atoms with Crippen LogP contribution in [-0.4, -0.2) is 41.6 Å². The molecular formula is C30H28N4O8-2. The van der Waals surface area contributed by atoms with Gasteiger partial charge in [-0.3, -0.25) is 19.2 Å². The van der Waals surface area contributed by atoms with Gasteiger partial charge in [0.05, 0.1) is 11.9 Å². The van der Waals surface area contributed by atoms with E-state index in [9.17, 15) is 39.0 Å². The SMILES string of the molecule is CCCCCC(=O)Nc1ccc(C(=O)Nc2ccc(C(=O)Nc3ccc(C(=O)NC(C(=O)[O-])C(=O)[O-])cc3)cc2)cc1. The number of hydrogen-bond donors (Lipinski definition) is 4. The van der Waals surface area contributed by atoms with E-state index >= 15 is 0 Å². The Kier molecular flexibility index (Phi) is 10.9. The number of nitrogens with one attached hydrogen (secondary N) is 4. The summed E-state index contributed by atoms with van der Waals surface area (Å²) < 4.78 is 0. The number of carboxylic acids is 2. The van der Waals surface area contributed by atoms with E-state index in [1.807, 2.05) is 0 Å². The topological polar surface area (TPSA) is 197 Å². The normalized spacial score (nSPS) is 10.4. The van der Waals surface area contributed by atoms with Gasteiger partial charge in [-0.15, -0.1) is 0 Å². The molecule has 0 bridgehead atoms. The van der Waals surface area contributed by atoms with Crippen LogP contribution in [0.2, 0.25) is 0 Å². The van der Waals surface area contributed by atoms with Crippen LogP contribution in [0.3, 0.4) is 0 Å². The van der Waals surface area contributed by atoms with Gasteiger partial charge in [-0.2, -0.15) is 0 Å². The summed E-state index contributed by atoms with van der Waals surface area (Å²) in [5.74, 6) is -5.95. The Morgan fingerprint density at radius 2 is 0.952 bits per heavy atom.